The lowest BCUT2D eigenvalue weighted by atomic mass is 10.0. The van der Waals surface area contributed by atoms with Crippen LogP contribution in [0.2, 0.25) is 0 Å². The van der Waals surface area contributed by atoms with Gasteiger partial charge in [-0.1, -0.05) is 36.5 Å². The van der Waals surface area contributed by atoms with E-state index < -0.39 is 11.7 Å². The van der Waals surface area contributed by atoms with E-state index in [2.05, 4.69) is 10.2 Å². The van der Waals surface area contributed by atoms with Gasteiger partial charge in [0, 0.05) is 26.2 Å². The van der Waals surface area contributed by atoms with Crippen LogP contribution in [0.5, 0.6) is 0 Å². The fourth-order valence-electron chi connectivity index (χ4n) is 3.74. The lowest BCUT2D eigenvalue weighted by molar-refractivity contribution is -0.137. The molecule has 2 aromatic rings. The Kier molecular flexibility index (Phi) is 6.97. The number of rotatable bonds is 6. The highest BCUT2D eigenvalue weighted by Gasteiger charge is 2.30. The van der Waals surface area contributed by atoms with Crippen molar-refractivity contribution in [1.29, 1.82) is 0 Å². The highest BCUT2D eigenvalue weighted by atomic mass is 32.1. The number of hydrogen-bond acceptors (Lipinski definition) is 3. The van der Waals surface area contributed by atoms with Crippen LogP contribution in [0, 0.1) is 0 Å². The molecule has 0 aliphatic carbocycles. The van der Waals surface area contributed by atoms with Crippen LogP contribution in [0.1, 0.15) is 24.0 Å². The summed E-state index contributed by atoms with van der Waals surface area (Å²) in [5, 5.41) is 3.17. The van der Waals surface area contributed by atoms with Crippen LogP contribution in [0.15, 0.2) is 48.5 Å². The third-order valence-corrected chi connectivity index (χ3v) is 5.64. The minimum atomic E-state index is -4.37. The number of hydrogen-bond donors (Lipinski definition) is 1. The number of carbonyl (C=O) groups is 1. The molecule has 3 rings (SSSR count). The number of likely N-dealkylation sites (tertiary alicyclic amines) is 1. The zero-order valence-corrected chi connectivity index (χ0v) is 17.5. The minimum Gasteiger partial charge on any atom is -0.386 e. The van der Waals surface area contributed by atoms with Crippen molar-refractivity contribution in [2.24, 2.45) is 0 Å². The van der Waals surface area contributed by atoms with Crippen molar-refractivity contribution in [3.8, 4) is 0 Å². The zero-order chi connectivity index (χ0) is 21.7. The first kappa shape index (κ1) is 22.1. The Morgan fingerprint density at radius 3 is 2.37 bits per heavy atom. The molecule has 1 saturated heterocycles. The first-order valence-corrected chi connectivity index (χ1v) is 10.2. The Hall–Kier alpha value is -2.61. The van der Waals surface area contributed by atoms with E-state index in [9.17, 15) is 18.0 Å². The first-order chi connectivity index (χ1) is 14.3. The third kappa shape index (κ3) is 5.11. The zero-order valence-electron chi connectivity index (χ0n) is 16.7. The molecule has 1 amide bonds. The van der Waals surface area contributed by atoms with Crippen molar-refractivity contribution in [3.63, 3.8) is 0 Å². The number of para-hydroxylation sites is 2. The first-order valence-electron chi connectivity index (χ1n) is 9.78. The molecule has 1 aliphatic rings. The van der Waals surface area contributed by atoms with E-state index >= 15 is 0 Å². The van der Waals surface area contributed by atoms with Gasteiger partial charge in [0.25, 0.3) is 0 Å². The van der Waals surface area contributed by atoms with E-state index in [1.165, 1.54) is 12.1 Å². The Labute approximate surface area is 179 Å². The van der Waals surface area contributed by atoms with Crippen molar-refractivity contribution in [2.45, 2.75) is 31.5 Å². The molecule has 0 unspecified atom stereocenters. The highest BCUT2D eigenvalue weighted by Crippen LogP contribution is 2.30. The molecule has 0 aromatic heterocycles. The van der Waals surface area contributed by atoms with Crippen molar-refractivity contribution in [3.05, 3.63) is 59.7 Å². The quantitative estimate of drug-likeness (QED) is 0.665. The SMILES string of the molecule is CNc1ccccc1N(C=S)C1CCN(C(=O)Cc2ccc(C(F)(F)F)cc2)CC1. The van der Waals surface area contributed by atoms with Crippen molar-refractivity contribution < 1.29 is 18.0 Å². The molecule has 1 aliphatic heterocycles. The molecule has 30 heavy (non-hydrogen) atoms. The topological polar surface area (TPSA) is 35.6 Å². The summed E-state index contributed by atoms with van der Waals surface area (Å²) >= 11 is 5.26. The maximum atomic E-state index is 12.7. The lowest BCUT2D eigenvalue weighted by Crippen LogP contribution is -2.46. The third-order valence-electron chi connectivity index (χ3n) is 5.41. The molecule has 4 nitrogen and oxygen atoms in total. The Balaban J connectivity index is 1.59. The van der Waals surface area contributed by atoms with Crippen molar-refractivity contribution >= 4 is 35.0 Å². The predicted octanol–water partition coefficient (Wildman–Crippen LogP) is 4.74. The molecular formula is C22H24F3N3OS. The number of thiocarbonyl (C=S) groups is 1. The summed E-state index contributed by atoms with van der Waals surface area (Å²) in [5.74, 6) is -0.0715. The summed E-state index contributed by atoms with van der Waals surface area (Å²) in [6, 6.07) is 12.9. The molecule has 2 aromatic carbocycles. The van der Waals surface area contributed by atoms with E-state index in [-0.39, 0.29) is 18.4 Å². The van der Waals surface area contributed by atoms with Gasteiger partial charge in [-0.15, -0.1) is 0 Å². The average molecular weight is 436 g/mol. The van der Waals surface area contributed by atoms with Gasteiger partial charge in [0.05, 0.1) is 28.9 Å². The van der Waals surface area contributed by atoms with Crippen LogP contribution >= 0.6 is 12.2 Å². The van der Waals surface area contributed by atoms with Gasteiger partial charge in [-0.2, -0.15) is 13.2 Å². The number of nitrogens with one attached hydrogen (secondary N) is 1. The smallest absolute Gasteiger partial charge is 0.386 e. The van der Waals surface area contributed by atoms with E-state index in [0.717, 1.165) is 36.3 Å². The molecule has 1 heterocycles. The van der Waals surface area contributed by atoms with Crippen molar-refractivity contribution in [1.82, 2.24) is 4.90 Å². The molecule has 1 fully saturated rings. The van der Waals surface area contributed by atoms with Crippen LogP contribution < -0.4 is 10.2 Å². The van der Waals surface area contributed by atoms with E-state index in [0.29, 0.717) is 18.7 Å². The lowest BCUT2D eigenvalue weighted by Gasteiger charge is -2.38. The largest absolute Gasteiger partial charge is 0.416 e. The van der Waals surface area contributed by atoms with E-state index in [1.54, 1.807) is 10.4 Å². The molecule has 0 saturated carbocycles. The summed E-state index contributed by atoms with van der Waals surface area (Å²) in [6.45, 7) is 1.18. The van der Waals surface area contributed by atoms with Crippen LogP contribution in [0.4, 0.5) is 24.5 Å². The van der Waals surface area contributed by atoms with Crippen LogP contribution in [0.3, 0.4) is 0 Å². The summed E-state index contributed by atoms with van der Waals surface area (Å²) in [5.41, 5.74) is 3.52. The second-order valence-electron chi connectivity index (χ2n) is 7.26. The molecular weight excluding hydrogens is 411 g/mol. The maximum Gasteiger partial charge on any atom is 0.416 e. The predicted molar refractivity (Wildman–Crippen MR) is 117 cm³/mol. The number of alkyl halides is 3. The summed E-state index contributed by atoms with van der Waals surface area (Å²) in [4.78, 5) is 16.5. The van der Waals surface area contributed by atoms with Crippen molar-refractivity contribution in [2.75, 3.05) is 30.4 Å². The average Bonchev–Trinajstić information content (AvgIpc) is 2.75. The van der Waals surface area contributed by atoms with Crippen LogP contribution in [-0.4, -0.2) is 42.5 Å². The van der Waals surface area contributed by atoms with Gasteiger partial charge < -0.3 is 15.1 Å². The Morgan fingerprint density at radius 2 is 1.80 bits per heavy atom. The fraction of sp³-hybridized carbons (Fsp3) is 0.364. The maximum absolute atomic E-state index is 12.7. The highest BCUT2D eigenvalue weighted by molar-refractivity contribution is 7.79. The van der Waals surface area contributed by atoms with Gasteiger partial charge in [-0.3, -0.25) is 4.79 Å². The van der Waals surface area contributed by atoms with Gasteiger partial charge in [0.1, 0.15) is 0 Å². The van der Waals surface area contributed by atoms with Gasteiger partial charge >= 0.3 is 6.18 Å². The van der Waals surface area contributed by atoms with E-state index in [1.807, 2.05) is 31.3 Å². The standard InChI is InChI=1S/C22H24F3N3OS/c1-26-19-4-2-3-5-20(19)28(15-30)18-10-12-27(13-11-18)21(29)14-16-6-8-17(9-7-16)22(23,24)25/h2-9,15,18,26H,10-14H2,1H3. The number of benzene rings is 2. The van der Waals surface area contributed by atoms with Gasteiger partial charge in [0.2, 0.25) is 5.91 Å². The van der Waals surface area contributed by atoms with Gasteiger partial charge in [-0.25, -0.2) is 0 Å². The Bertz CT molecular complexity index is 878. The molecule has 1 N–H and O–H groups in total. The monoisotopic (exact) mass is 435 g/mol. The summed E-state index contributed by atoms with van der Waals surface area (Å²) in [6.07, 6.45) is -2.74. The van der Waals surface area contributed by atoms with Gasteiger partial charge in [-0.05, 0) is 42.7 Å². The molecule has 0 atom stereocenters. The molecule has 0 bridgehead atoms. The second-order valence-corrected chi connectivity index (χ2v) is 7.47. The number of amides is 1. The summed E-state index contributed by atoms with van der Waals surface area (Å²) < 4.78 is 38.0. The van der Waals surface area contributed by atoms with Gasteiger partial charge in [0.15, 0.2) is 0 Å². The second kappa shape index (κ2) is 9.47. The van der Waals surface area contributed by atoms with E-state index in [4.69, 9.17) is 12.2 Å². The van der Waals surface area contributed by atoms with Crippen LogP contribution in [-0.2, 0) is 17.4 Å². The Morgan fingerprint density at radius 1 is 1.17 bits per heavy atom. The van der Waals surface area contributed by atoms with Crippen LogP contribution in [0.25, 0.3) is 0 Å². The number of nitrogens with zero attached hydrogens (tertiary/aromatic N) is 2. The fourth-order valence-corrected chi connectivity index (χ4v) is 4.03. The summed E-state index contributed by atoms with van der Waals surface area (Å²) in [7, 11) is 1.86. The molecule has 0 radical (unpaired) electrons. The number of carbonyl (C=O) groups excluding carboxylic acids is 1. The normalized spacial score (nSPS) is 15.0. The molecule has 160 valence electrons. The number of halogens is 3. The minimum absolute atomic E-state index is 0.0715. The number of piperidine rings is 1. The molecule has 0 spiro atoms. The molecule has 8 heteroatoms. The number of anilines is 2.